The van der Waals surface area contributed by atoms with Crippen molar-refractivity contribution in [3.8, 4) is 11.5 Å². The minimum absolute atomic E-state index is 0. The maximum absolute atomic E-state index is 5.55. The van der Waals surface area contributed by atoms with Crippen LogP contribution in [0.3, 0.4) is 0 Å². The van der Waals surface area contributed by atoms with Crippen LogP contribution in [0, 0.1) is 6.92 Å². The van der Waals surface area contributed by atoms with Crippen LogP contribution in [0.4, 0.5) is 0 Å². The zero-order chi connectivity index (χ0) is 11.4. The van der Waals surface area contributed by atoms with Gasteiger partial charge in [0, 0.05) is 25.2 Å². The monoisotopic (exact) mass is 292 g/mol. The van der Waals surface area contributed by atoms with Gasteiger partial charge in [0.05, 0.1) is 6.20 Å². The van der Waals surface area contributed by atoms with Crippen molar-refractivity contribution in [1.29, 1.82) is 0 Å². The highest BCUT2D eigenvalue weighted by molar-refractivity contribution is 5.85. The summed E-state index contributed by atoms with van der Waals surface area (Å²) in [6.45, 7) is 4.09. The SMILES string of the molecule is Cc1ccc(-c2[nH]ncc2CNCCN)o1.Cl.Cl. The largest absolute Gasteiger partial charge is 0.460 e. The van der Waals surface area contributed by atoms with Gasteiger partial charge in [0.15, 0.2) is 5.76 Å². The Balaban J connectivity index is 0.00000144. The van der Waals surface area contributed by atoms with Crippen molar-refractivity contribution in [2.24, 2.45) is 5.73 Å². The summed E-state index contributed by atoms with van der Waals surface area (Å²) in [6, 6.07) is 3.88. The van der Waals surface area contributed by atoms with E-state index in [1.165, 1.54) is 0 Å². The topological polar surface area (TPSA) is 79.9 Å². The van der Waals surface area contributed by atoms with Crippen molar-refractivity contribution >= 4 is 24.8 Å². The third kappa shape index (κ3) is 4.03. The second-order valence-electron chi connectivity index (χ2n) is 3.65. The van der Waals surface area contributed by atoms with Crippen LogP contribution in [0.15, 0.2) is 22.7 Å². The number of aryl methyl sites for hydroxylation is 1. The van der Waals surface area contributed by atoms with Gasteiger partial charge in [-0.3, -0.25) is 5.10 Å². The molecule has 0 spiro atoms. The van der Waals surface area contributed by atoms with Crippen LogP contribution in [-0.2, 0) is 6.54 Å². The zero-order valence-electron chi connectivity index (χ0n) is 10.1. The van der Waals surface area contributed by atoms with Gasteiger partial charge in [0.25, 0.3) is 0 Å². The van der Waals surface area contributed by atoms with Crippen molar-refractivity contribution < 1.29 is 4.42 Å². The molecule has 0 fully saturated rings. The molecule has 0 bridgehead atoms. The predicted molar refractivity (Wildman–Crippen MR) is 76.3 cm³/mol. The highest BCUT2D eigenvalue weighted by Gasteiger charge is 2.10. The van der Waals surface area contributed by atoms with Crippen LogP contribution in [0.5, 0.6) is 0 Å². The smallest absolute Gasteiger partial charge is 0.152 e. The lowest BCUT2D eigenvalue weighted by atomic mass is 10.2. The Kier molecular flexibility index (Phi) is 7.70. The first kappa shape index (κ1) is 17.0. The van der Waals surface area contributed by atoms with Crippen molar-refractivity contribution in [1.82, 2.24) is 15.5 Å². The molecule has 2 aromatic heterocycles. The standard InChI is InChI=1S/C11H16N4O.2ClH/c1-8-2-3-10(16-8)11-9(7-14-15-11)6-13-5-4-12;;/h2-3,7,13H,4-6,12H2,1H3,(H,14,15);2*1H. The van der Waals surface area contributed by atoms with E-state index in [9.17, 15) is 0 Å². The summed E-state index contributed by atoms with van der Waals surface area (Å²) in [5.74, 6) is 1.71. The Labute approximate surface area is 118 Å². The van der Waals surface area contributed by atoms with Crippen molar-refractivity contribution in [2.75, 3.05) is 13.1 Å². The number of aromatic nitrogens is 2. The van der Waals surface area contributed by atoms with Crippen molar-refractivity contribution in [3.05, 3.63) is 29.7 Å². The van der Waals surface area contributed by atoms with Gasteiger partial charge in [0.2, 0.25) is 0 Å². The van der Waals surface area contributed by atoms with E-state index >= 15 is 0 Å². The third-order valence-electron chi connectivity index (χ3n) is 2.34. The van der Waals surface area contributed by atoms with Gasteiger partial charge in [-0.25, -0.2) is 0 Å². The predicted octanol–water partition coefficient (Wildman–Crippen LogP) is 1.87. The zero-order valence-corrected chi connectivity index (χ0v) is 11.7. The molecule has 0 aliphatic rings. The fourth-order valence-corrected chi connectivity index (χ4v) is 1.55. The highest BCUT2D eigenvalue weighted by Crippen LogP contribution is 2.22. The fraction of sp³-hybridized carbons (Fsp3) is 0.364. The molecule has 0 atom stereocenters. The molecule has 0 radical (unpaired) electrons. The summed E-state index contributed by atoms with van der Waals surface area (Å²) in [7, 11) is 0. The first-order valence-electron chi connectivity index (χ1n) is 5.31. The van der Waals surface area contributed by atoms with E-state index in [4.69, 9.17) is 10.2 Å². The van der Waals surface area contributed by atoms with E-state index in [1.807, 2.05) is 19.1 Å². The lowest BCUT2D eigenvalue weighted by molar-refractivity contribution is 0.545. The molecule has 0 saturated heterocycles. The quantitative estimate of drug-likeness (QED) is 0.735. The normalized spacial score (nSPS) is 9.67. The summed E-state index contributed by atoms with van der Waals surface area (Å²) < 4.78 is 5.55. The molecule has 0 aromatic carbocycles. The molecular weight excluding hydrogens is 275 g/mol. The molecule has 18 heavy (non-hydrogen) atoms. The number of furan rings is 1. The number of halogens is 2. The van der Waals surface area contributed by atoms with Crippen LogP contribution < -0.4 is 11.1 Å². The first-order chi connectivity index (χ1) is 7.81. The van der Waals surface area contributed by atoms with Crippen LogP contribution in [0.2, 0.25) is 0 Å². The van der Waals surface area contributed by atoms with Gasteiger partial charge < -0.3 is 15.5 Å². The highest BCUT2D eigenvalue weighted by atomic mass is 35.5. The van der Waals surface area contributed by atoms with Gasteiger partial charge in [-0.1, -0.05) is 0 Å². The molecule has 102 valence electrons. The average molecular weight is 293 g/mol. The first-order valence-corrected chi connectivity index (χ1v) is 5.31. The Morgan fingerprint density at radius 1 is 1.39 bits per heavy atom. The van der Waals surface area contributed by atoms with E-state index in [2.05, 4.69) is 15.5 Å². The van der Waals surface area contributed by atoms with Gasteiger partial charge in [-0.2, -0.15) is 5.10 Å². The Bertz CT molecular complexity index is 455. The molecule has 0 aliphatic carbocycles. The van der Waals surface area contributed by atoms with E-state index in [1.54, 1.807) is 6.20 Å². The Hall–Kier alpha value is -1.01. The number of aromatic amines is 1. The summed E-state index contributed by atoms with van der Waals surface area (Å²) in [5.41, 5.74) is 7.43. The van der Waals surface area contributed by atoms with Crippen LogP contribution >= 0.6 is 24.8 Å². The maximum atomic E-state index is 5.55. The minimum Gasteiger partial charge on any atom is -0.460 e. The average Bonchev–Trinajstić information content (AvgIpc) is 2.87. The van der Waals surface area contributed by atoms with E-state index in [0.717, 1.165) is 35.9 Å². The molecule has 0 aliphatic heterocycles. The minimum atomic E-state index is 0. The Morgan fingerprint density at radius 3 is 2.78 bits per heavy atom. The number of H-pyrrole nitrogens is 1. The molecular formula is C11H18Cl2N4O. The molecule has 2 heterocycles. The molecule has 2 rings (SSSR count). The van der Waals surface area contributed by atoms with Crippen molar-refractivity contribution in [2.45, 2.75) is 13.5 Å². The summed E-state index contributed by atoms with van der Waals surface area (Å²) in [6.07, 6.45) is 1.80. The molecule has 0 unspecified atom stereocenters. The molecule has 0 amide bonds. The van der Waals surface area contributed by atoms with Gasteiger partial charge in [-0.05, 0) is 19.1 Å². The number of rotatable bonds is 5. The Morgan fingerprint density at radius 2 is 2.17 bits per heavy atom. The lowest BCUT2D eigenvalue weighted by Crippen LogP contribution is -2.21. The van der Waals surface area contributed by atoms with Crippen LogP contribution in [-0.4, -0.2) is 23.3 Å². The van der Waals surface area contributed by atoms with E-state index < -0.39 is 0 Å². The number of nitrogens with zero attached hydrogens (tertiary/aromatic N) is 1. The molecule has 2 aromatic rings. The van der Waals surface area contributed by atoms with Crippen molar-refractivity contribution in [3.63, 3.8) is 0 Å². The van der Waals surface area contributed by atoms with Crippen LogP contribution in [0.1, 0.15) is 11.3 Å². The number of hydrogen-bond acceptors (Lipinski definition) is 4. The van der Waals surface area contributed by atoms with Crippen LogP contribution in [0.25, 0.3) is 11.5 Å². The third-order valence-corrected chi connectivity index (χ3v) is 2.34. The van der Waals surface area contributed by atoms with Gasteiger partial charge in [-0.15, -0.1) is 24.8 Å². The van der Waals surface area contributed by atoms with Gasteiger partial charge >= 0.3 is 0 Å². The second-order valence-corrected chi connectivity index (χ2v) is 3.65. The second kappa shape index (κ2) is 8.16. The summed E-state index contributed by atoms with van der Waals surface area (Å²) in [4.78, 5) is 0. The fourth-order valence-electron chi connectivity index (χ4n) is 1.55. The number of nitrogens with two attached hydrogens (primary N) is 1. The van der Waals surface area contributed by atoms with Gasteiger partial charge in [0.1, 0.15) is 11.5 Å². The summed E-state index contributed by atoms with van der Waals surface area (Å²) >= 11 is 0. The number of hydrogen-bond donors (Lipinski definition) is 3. The maximum Gasteiger partial charge on any atom is 0.152 e. The lowest BCUT2D eigenvalue weighted by Gasteiger charge is -2.02. The molecule has 5 nitrogen and oxygen atoms in total. The molecule has 7 heteroatoms. The van der Waals surface area contributed by atoms with E-state index in [0.29, 0.717) is 6.54 Å². The molecule has 0 saturated carbocycles. The number of nitrogens with one attached hydrogen (secondary N) is 2. The summed E-state index contributed by atoms with van der Waals surface area (Å²) in [5, 5.41) is 10.2. The van der Waals surface area contributed by atoms with E-state index in [-0.39, 0.29) is 24.8 Å². The molecule has 4 N–H and O–H groups in total.